The molecule has 0 N–H and O–H groups in total. The van der Waals surface area contributed by atoms with Crippen LogP contribution in [0.3, 0.4) is 0 Å². The molecule has 1 aliphatic heterocycles. The predicted octanol–water partition coefficient (Wildman–Crippen LogP) is 4.32. The van der Waals surface area contributed by atoms with Gasteiger partial charge in [-0.05, 0) is 31.2 Å². The van der Waals surface area contributed by atoms with Crippen molar-refractivity contribution >= 4 is 34.5 Å². The third kappa shape index (κ3) is 2.53. The van der Waals surface area contributed by atoms with Gasteiger partial charge in [0.1, 0.15) is 5.75 Å². The van der Waals surface area contributed by atoms with Crippen LogP contribution < -0.4 is 9.64 Å². The first-order valence-electron chi connectivity index (χ1n) is 7.61. The lowest BCUT2D eigenvalue weighted by Gasteiger charge is -2.19. The average Bonchev–Trinajstić information content (AvgIpc) is 2.85. The van der Waals surface area contributed by atoms with E-state index in [4.69, 9.17) is 16.3 Å². The fourth-order valence-corrected chi connectivity index (χ4v) is 3.09. The molecule has 0 bridgehead atoms. The molecule has 0 fully saturated rings. The second-order valence-electron chi connectivity index (χ2n) is 5.83. The first-order valence-corrected chi connectivity index (χ1v) is 7.99. The SMILES string of the molecule is COc1ccc(N2C(=O)/C(=C(\C)N(C)C)c3ccccc32)cc1Cl. The normalized spacial score (nSPS) is 15.4. The highest BCUT2D eigenvalue weighted by Crippen LogP contribution is 2.44. The third-order valence-electron chi connectivity index (χ3n) is 4.26. The minimum absolute atomic E-state index is 0.0522. The predicted molar refractivity (Wildman–Crippen MR) is 97.9 cm³/mol. The number of para-hydroxylation sites is 1. The lowest BCUT2D eigenvalue weighted by molar-refractivity contribution is -0.112. The molecule has 0 saturated heterocycles. The molecule has 1 amide bonds. The van der Waals surface area contributed by atoms with Gasteiger partial charge in [0.15, 0.2) is 0 Å². The van der Waals surface area contributed by atoms with Gasteiger partial charge in [0.05, 0.1) is 29.1 Å². The maximum Gasteiger partial charge on any atom is 0.265 e. The standard InChI is InChI=1S/C19H19ClN2O2/c1-12(21(2)3)18-14-7-5-6-8-16(14)22(19(18)23)13-9-10-17(24-4)15(20)11-13/h5-11H,1-4H3/b18-12+. The van der Waals surface area contributed by atoms with E-state index in [-0.39, 0.29) is 5.91 Å². The molecule has 0 unspecified atom stereocenters. The molecule has 1 heterocycles. The summed E-state index contributed by atoms with van der Waals surface area (Å²) in [6, 6.07) is 13.2. The fraction of sp³-hybridized carbons (Fsp3) is 0.211. The topological polar surface area (TPSA) is 32.8 Å². The summed E-state index contributed by atoms with van der Waals surface area (Å²) in [4.78, 5) is 16.8. The molecule has 5 heteroatoms. The molecular formula is C19H19ClN2O2. The number of nitrogens with zero attached hydrogens (tertiary/aromatic N) is 2. The molecule has 2 aromatic rings. The third-order valence-corrected chi connectivity index (χ3v) is 4.55. The van der Waals surface area contributed by atoms with Crippen LogP contribution in [0.5, 0.6) is 5.75 Å². The van der Waals surface area contributed by atoms with E-state index >= 15 is 0 Å². The van der Waals surface area contributed by atoms with Crippen LogP contribution in [0.2, 0.25) is 5.02 Å². The van der Waals surface area contributed by atoms with Gasteiger partial charge in [-0.25, -0.2) is 0 Å². The van der Waals surface area contributed by atoms with Gasteiger partial charge in [0, 0.05) is 25.4 Å². The Balaban J connectivity index is 2.19. The number of hydrogen-bond acceptors (Lipinski definition) is 3. The van der Waals surface area contributed by atoms with Crippen molar-refractivity contribution in [3.8, 4) is 5.75 Å². The van der Waals surface area contributed by atoms with Crippen molar-refractivity contribution in [2.75, 3.05) is 26.1 Å². The zero-order chi connectivity index (χ0) is 17.4. The fourth-order valence-electron chi connectivity index (χ4n) is 2.84. The first kappa shape index (κ1) is 16.4. The number of rotatable bonds is 3. The van der Waals surface area contributed by atoms with Crippen LogP contribution >= 0.6 is 11.6 Å². The van der Waals surface area contributed by atoms with Crippen LogP contribution in [0.15, 0.2) is 48.2 Å². The number of anilines is 2. The van der Waals surface area contributed by atoms with E-state index in [1.165, 1.54) is 0 Å². The first-order chi connectivity index (χ1) is 11.5. The smallest absolute Gasteiger partial charge is 0.265 e. The van der Waals surface area contributed by atoms with Crippen LogP contribution in [0, 0.1) is 0 Å². The molecule has 1 aliphatic rings. The molecule has 4 nitrogen and oxygen atoms in total. The Hall–Kier alpha value is -2.46. The lowest BCUT2D eigenvalue weighted by atomic mass is 10.1. The summed E-state index contributed by atoms with van der Waals surface area (Å²) in [7, 11) is 5.44. The number of fused-ring (bicyclic) bond motifs is 1. The molecule has 0 aromatic heterocycles. The molecule has 124 valence electrons. The molecule has 0 spiro atoms. The van der Waals surface area contributed by atoms with Gasteiger partial charge >= 0.3 is 0 Å². The molecule has 3 rings (SSSR count). The van der Waals surface area contributed by atoms with Crippen LogP contribution in [0.25, 0.3) is 5.57 Å². The maximum absolute atomic E-state index is 13.1. The number of ether oxygens (including phenoxy) is 1. The summed E-state index contributed by atoms with van der Waals surface area (Å²) in [5.74, 6) is 0.532. The summed E-state index contributed by atoms with van der Waals surface area (Å²) in [6.07, 6.45) is 0. The molecule has 0 saturated carbocycles. The number of methoxy groups -OCH3 is 1. The number of carbonyl (C=O) groups excluding carboxylic acids is 1. The summed E-state index contributed by atoms with van der Waals surface area (Å²) >= 11 is 6.25. The molecule has 24 heavy (non-hydrogen) atoms. The van der Waals surface area contributed by atoms with Crippen LogP contribution in [0.1, 0.15) is 12.5 Å². The number of allylic oxidation sites excluding steroid dienone is 1. The Morgan fingerprint density at radius 3 is 2.50 bits per heavy atom. The van der Waals surface area contributed by atoms with Crippen molar-refractivity contribution < 1.29 is 9.53 Å². The molecule has 0 atom stereocenters. The molecule has 0 aliphatic carbocycles. The van der Waals surface area contributed by atoms with Gasteiger partial charge in [0.2, 0.25) is 0 Å². The largest absolute Gasteiger partial charge is 0.495 e. The van der Waals surface area contributed by atoms with E-state index in [0.717, 1.165) is 22.6 Å². The Morgan fingerprint density at radius 2 is 1.88 bits per heavy atom. The second-order valence-corrected chi connectivity index (χ2v) is 6.24. The second kappa shape index (κ2) is 6.21. The van der Waals surface area contributed by atoms with E-state index in [1.54, 1.807) is 24.1 Å². The Bertz CT molecular complexity index is 843. The van der Waals surface area contributed by atoms with Crippen LogP contribution in [-0.4, -0.2) is 32.0 Å². The van der Waals surface area contributed by atoms with E-state index in [2.05, 4.69) is 0 Å². The molecule has 2 aromatic carbocycles. The van der Waals surface area contributed by atoms with Gasteiger partial charge in [0.25, 0.3) is 5.91 Å². The summed E-state index contributed by atoms with van der Waals surface area (Å²) < 4.78 is 5.20. The average molecular weight is 343 g/mol. The number of hydrogen-bond donors (Lipinski definition) is 0. The highest BCUT2D eigenvalue weighted by molar-refractivity contribution is 6.36. The highest BCUT2D eigenvalue weighted by Gasteiger charge is 2.35. The van der Waals surface area contributed by atoms with Crippen molar-refractivity contribution in [1.82, 2.24) is 4.90 Å². The Labute approximate surface area is 146 Å². The van der Waals surface area contributed by atoms with Crippen LogP contribution in [-0.2, 0) is 4.79 Å². The number of halogens is 1. The summed E-state index contributed by atoms with van der Waals surface area (Å²) in [5, 5.41) is 0.474. The van der Waals surface area contributed by atoms with Crippen molar-refractivity contribution in [3.05, 3.63) is 58.7 Å². The van der Waals surface area contributed by atoms with Gasteiger partial charge < -0.3 is 9.64 Å². The minimum Gasteiger partial charge on any atom is -0.495 e. The van der Waals surface area contributed by atoms with Gasteiger partial charge in [-0.1, -0.05) is 29.8 Å². The van der Waals surface area contributed by atoms with Crippen LogP contribution in [0.4, 0.5) is 11.4 Å². The summed E-state index contributed by atoms with van der Waals surface area (Å²) in [6.45, 7) is 1.95. The van der Waals surface area contributed by atoms with Gasteiger partial charge in [-0.2, -0.15) is 0 Å². The monoisotopic (exact) mass is 342 g/mol. The van der Waals surface area contributed by atoms with E-state index in [9.17, 15) is 4.79 Å². The summed E-state index contributed by atoms with van der Waals surface area (Å²) in [5.41, 5.74) is 4.15. The van der Waals surface area contributed by atoms with E-state index < -0.39 is 0 Å². The van der Waals surface area contributed by atoms with E-state index in [0.29, 0.717) is 16.3 Å². The Kier molecular flexibility index (Phi) is 4.24. The number of amides is 1. The quantitative estimate of drug-likeness (QED) is 0.779. The molecular weight excluding hydrogens is 324 g/mol. The zero-order valence-electron chi connectivity index (χ0n) is 14.1. The lowest BCUT2D eigenvalue weighted by Crippen LogP contribution is -2.22. The van der Waals surface area contributed by atoms with Crippen molar-refractivity contribution in [1.29, 1.82) is 0 Å². The zero-order valence-corrected chi connectivity index (χ0v) is 14.9. The Morgan fingerprint density at radius 1 is 1.17 bits per heavy atom. The minimum atomic E-state index is -0.0522. The van der Waals surface area contributed by atoms with Crippen molar-refractivity contribution in [2.24, 2.45) is 0 Å². The van der Waals surface area contributed by atoms with Crippen molar-refractivity contribution in [2.45, 2.75) is 6.92 Å². The number of benzene rings is 2. The maximum atomic E-state index is 13.1. The highest BCUT2D eigenvalue weighted by atomic mass is 35.5. The van der Waals surface area contributed by atoms with Gasteiger partial charge in [-0.3, -0.25) is 9.69 Å². The number of carbonyl (C=O) groups is 1. The van der Waals surface area contributed by atoms with E-state index in [1.807, 2.05) is 56.3 Å². The van der Waals surface area contributed by atoms with Crippen molar-refractivity contribution in [3.63, 3.8) is 0 Å². The van der Waals surface area contributed by atoms with Gasteiger partial charge in [-0.15, -0.1) is 0 Å². The molecule has 0 radical (unpaired) electrons.